The predicted molar refractivity (Wildman–Crippen MR) is 85.8 cm³/mol. The maximum atomic E-state index is 12.7. The summed E-state index contributed by atoms with van der Waals surface area (Å²) in [4.78, 5) is 10.3. The van der Waals surface area contributed by atoms with Crippen LogP contribution in [0.25, 0.3) is 0 Å². The lowest BCUT2D eigenvalue weighted by atomic mass is 10.1. The molecule has 7 nitrogen and oxygen atoms in total. The fourth-order valence-electron chi connectivity index (χ4n) is 2.38. The molecule has 0 atom stereocenters. The van der Waals surface area contributed by atoms with E-state index in [9.17, 15) is 18.5 Å². The molecule has 0 amide bonds. The van der Waals surface area contributed by atoms with Crippen molar-refractivity contribution in [3.63, 3.8) is 0 Å². The minimum absolute atomic E-state index is 0. The smallest absolute Gasteiger partial charge is 0.289 e. The monoisotopic (exact) mass is 349 g/mol. The largest absolute Gasteiger partial charge is 0.328 e. The topological polar surface area (TPSA) is 107 Å². The van der Waals surface area contributed by atoms with Crippen LogP contribution in [-0.4, -0.2) is 36.8 Å². The van der Waals surface area contributed by atoms with Gasteiger partial charge in [0.25, 0.3) is 5.69 Å². The Balaban J connectivity index is 0.00000242. The van der Waals surface area contributed by atoms with Crippen LogP contribution < -0.4 is 5.73 Å². The highest BCUT2D eigenvalue weighted by Crippen LogP contribution is 2.30. The number of nitro groups is 1. The summed E-state index contributed by atoms with van der Waals surface area (Å²) in [6, 6.07) is 2.70. The molecule has 2 rings (SSSR count). The lowest BCUT2D eigenvalue weighted by Crippen LogP contribution is -2.42. The van der Waals surface area contributed by atoms with Gasteiger partial charge in [0.15, 0.2) is 4.90 Å². The van der Waals surface area contributed by atoms with Crippen molar-refractivity contribution in [2.24, 2.45) is 5.73 Å². The number of hydrogen-bond acceptors (Lipinski definition) is 5. The molecule has 1 saturated heterocycles. The van der Waals surface area contributed by atoms with Crippen molar-refractivity contribution in [2.45, 2.75) is 37.6 Å². The molecule has 1 aliphatic heterocycles. The van der Waals surface area contributed by atoms with Crippen molar-refractivity contribution in [3.05, 3.63) is 33.4 Å². The molecule has 1 aliphatic rings. The zero-order chi connectivity index (χ0) is 15.8. The second-order valence-electron chi connectivity index (χ2n) is 5.40. The van der Waals surface area contributed by atoms with Crippen LogP contribution in [0.5, 0.6) is 0 Å². The van der Waals surface area contributed by atoms with Crippen LogP contribution in [-0.2, 0) is 10.0 Å². The third-order valence-electron chi connectivity index (χ3n) is 3.89. The fraction of sp³-hybridized carbons (Fsp3) is 0.538. The lowest BCUT2D eigenvalue weighted by molar-refractivity contribution is -0.387. The fourth-order valence-corrected chi connectivity index (χ4v) is 4.07. The average Bonchev–Trinajstić information content (AvgIpc) is 2.41. The highest BCUT2D eigenvalue weighted by molar-refractivity contribution is 7.89. The Morgan fingerprint density at radius 3 is 2.23 bits per heavy atom. The van der Waals surface area contributed by atoms with Gasteiger partial charge >= 0.3 is 0 Å². The van der Waals surface area contributed by atoms with Crippen LogP contribution >= 0.6 is 12.4 Å². The summed E-state index contributed by atoms with van der Waals surface area (Å²) in [5.41, 5.74) is 6.81. The van der Waals surface area contributed by atoms with E-state index >= 15 is 0 Å². The van der Waals surface area contributed by atoms with Crippen molar-refractivity contribution in [2.75, 3.05) is 13.1 Å². The molecule has 0 saturated carbocycles. The number of benzene rings is 1. The van der Waals surface area contributed by atoms with E-state index in [1.807, 2.05) is 0 Å². The number of sulfonamides is 1. The van der Waals surface area contributed by atoms with E-state index in [-0.39, 0.29) is 29.0 Å². The molecule has 0 unspecified atom stereocenters. The van der Waals surface area contributed by atoms with Crippen molar-refractivity contribution in [3.8, 4) is 0 Å². The number of hydrogen-bond donors (Lipinski definition) is 1. The van der Waals surface area contributed by atoms with Gasteiger partial charge in [-0.25, -0.2) is 8.42 Å². The highest BCUT2D eigenvalue weighted by atomic mass is 35.5. The zero-order valence-corrected chi connectivity index (χ0v) is 14.1. The van der Waals surface area contributed by atoms with Gasteiger partial charge in [-0.05, 0) is 43.9 Å². The Hall–Kier alpha value is -1.22. The first-order valence-corrected chi connectivity index (χ1v) is 8.19. The molecule has 1 aromatic rings. The van der Waals surface area contributed by atoms with Gasteiger partial charge in [-0.15, -0.1) is 12.4 Å². The summed E-state index contributed by atoms with van der Waals surface area (Å²) in [7, 11) is -3.86. The van der Waals surface area contributed by atoms with E-state index in [1.54, 1.807) is 13.8 Å². The van der Waals surface area contributed by atoms with Crippen molar-refractivity contribution < 1.29 is 13.3 Å². The molecule has 0 bridgehead atoms. The van der Waals surface area contributed by atoms with Gasteiger partial charge in [0.2, 0.25) is 10.0 Å². The number of nitrogens with zero attached hydrogens (tertiary/aromatic N) is 2. The summed E-state index contributed by atoms with van der Waals surface area (Å²) in [5.74, 6) is 0. The second-order valence-corrected chi connectivity index (χ2v) is 7.31. The molecule has 22 heavy (non-hydrogen) atoms. The third kappa shape index (κ3) is 3.57. The Kier molecular flexibility index (Phi) is 5.91. The Morgan fingerprint density at radius 2 is 1.73 bits per heavy atom. The zero-order valence-electron chi connectivity index (χ0n) is 12.5. The molecule has 1 fully saturated rings. The van der Waals surface area contributed by atoms with E-state index in [2.05, 4.69) is 0 Å². The van der Waals surface area contributed by atoms with E-state index < -0.39 is 14.9 Å². The van der Waals surface area contributed by atoms with E-state index in [1.165, 1.54) is 16.4 Å². The standard InChI is InChI=1S/C13H19N3O4S.ClH/c1-9-7-12(16(17)18)13(8-10(9)2)21(19,20)15-5-3-11(14)4-6-15;/h7-8,11H,3-6,14H2,1-2H3;1H. The summed E-state index contributed by atoms with van der Waals surface area (Å²) < 4.78 is 26.6. The molecule has 1 heterocycles. The Labute approximate surface area is 136 Å². The van der Waals surface area contributed by atoms with E-state index in [0.29, 0.717) is 37.1 Å². The number of rotatable bonds is 3. The van der Waals surface area contributed by atoms with Crippen LogP contribution in [0.1, 0.15) is 24.0 Å². The molecule has 0 spiro atoms. The number of nitrogens with two attached hydrogens (primary N) is 1. The lowest BCUT2D eigenvalue weighted by Gasteiger charge is -2.29. The van der Waals surface area contributed by atoms with Gasteiger partial charge in [0.1, 0.15) is 0 Å². The van der Waals surface area contributed by atoms with Gasteiger partial charge in [-0.1, -0.05) is 0 Å². The van der Waals surface area contributed by atoms with Crippen LogP contribution in [0, 0.1) is 24.0 Å². The molecule has 2 N–H and O–H groups in total. The molecule has 0 aliphatic carbocycles. The number of aryl methyl sites for hydroxylation is 2. The molecule has 0 aromatic heterocycles. The average molecular weight is 350 g/mol. The molecule has 0 radical (unpaired) electrons. The highest BCUT2D eigenvalue weighted by Gasteiger charge is 2.34. The molecular formula is C13H20ClN3O4S. The van der Waals surface area contributed by atoms with Gasteiger partial charge in [-0.2, -0.15) is 4.31 Å². The summed E-state index contributed by atoms with van der Waals surface area (Å²) in [6.45, 7) is 4.06. The quantitative estimate of drug-likeness (QED) is 0.660. The number of nitro benzene ring substituents is 1. The maximum Gasteiger partial charge on any atom is 0.289 e. The molecule has 124 valence electrons. The first-order chi connectivity index (χ1) is 9.73. The van der Waals surface area contributed by atoms with Crippen molar-refractivity contribution in [1.29, 1.82) is 0 Å². The predicted octanol–water partition coefficient (Wildman–Crippen LogP) is 1.75. The van der Waals surface area contributed by atoms with Crippen LogP contribution in [0.3, 0.4) is 0 Å². The molecule has 1 aromatic carbocycles. The first-order valence-electron chi connectivity index (χ1n) is 6.75. The minimum atomic E-state index is -3.86. The van der Waals surface area contributed by atoms with Gasteiger partial charge < -0.3 is 5.73 Å². The SMILES string of the molecule is Cc1cc([N+](=O)[O-])c(S(=O)(=O)N2CCC(N)CC2)cc1C.Cl. The van der Waals surface area contributed by atoms with Crippen LogP contribution in [0.15, 0.2) is 17.0 Å². The maximum absolute atomic E-state index is 12.7. The second kappa shape index (κ2) is 6.91. The molecule has 9 heteroatoms. The van der Waals surface area contributed by atoms with Crippen molar-refractivity contribution in [1.82, 2.24) is 4.31 Å². The Bertz CT molecular complexity index is 670. The van der Waals surface area contributed by atoms with E-state index in [4.69, 9.17) is 5.73 Å². The first kappa shape index (κ1) is 18.8. The summed E-state index contributed by atoms with van der Waals surface area (Å²) >= 11 is 0. The summed E-state index contributed by atoms with van der Waals surface area (Å²) in [5, 5.41) is 11.2. The van der Waals surface area contributed by atoms with Gasteiger partial charge in [-0.3, -0.25) is 10.1 Å². The Morgan fingerprint density at radius 1 is 1.23 bits per heavy atom. The van der Waals surface area contributed by atoms with Gasteiger partial charge in [0, 0.05) is 25.2 Å². The van der Waals surface area contributed by atoms with Crippen LogP contribution in [0.2, 0.25) is 0 Å². The summed E-state index contributed by atoms with van der Waals surface area (Å²) in [6.07, 6.45) is 1.13. The minimum Gasteiger partial charge on any atom is -0.328 e. The molecular weight excluding hydrogens is 330 g/mol. The van der Waals surface area contributed by atoms with E-state index in [0.717, 1.165) is 0 Å². The van der Waals surface area contributed by atoms with Crippen molar-refractivity contribution >= 4 is 28.1 Å². The number of piperidine rings is 1. The van der Waals surface area contributed by atoms with Gasteiger partial charge in [0.05, 0.1) is 4.92 Å². The third-order valence-corrected chi connectivity index (χ3v) is 5.82. The van der Waals surface area contributed by atoms with Crippen LogP contribution in [0.4, 0.5) is 5.69 Å². The number of halogens is 1. The normalized spacial score (nSPS) is 17.0.